The molecule has 3 aromatic carbocycles. The highest BCUT2D eigenvalue weighted by molar-refractivity contribution is 8.00. The number of amides is 3. The Morgan fingerprint density at radius 3 is 2.39 bits per heavy atom. The van der Waals surface area contributed by atoms with Crippen LogP contribution in [0.15, 0.2) is 76.6 Å². The number of imide groups is 1. The number of aromatic amines is 1. The van der Waals surface area contributed by atoms with Crippen molar-refractivity contribution in [2.24, 2.45) is 29.6 Å². The van der Waals surface area contributed by atoms with E-state index in [4.69, 9.17) is 14.2 Å². The number of alkyl halides is 3. The smallest absolute Gasteiger partial charge is 0.416 e. The highest BCUT2D eigenvalue weighted by Gasteiger charge is 2.69. The fourth-order valence-electron chi connectivity index (χ4n) is 8.49. The van der Waals surface area contributed by atoms with E-state index >= 15 is 0 Å². The van der Waals surface area contributed by atoms with Crippen LogP contribution in [0.5, 0.6) is 17.2 Å². The Morgan fingerprint density at radius 1 is 0.941 bits per heavy atom. The van der Waals surface area contributed by atoms with E-state index in [1.54, 1.807) is 55.3 Å². The van der Waals surface area contributed by atoms with Crippen molar-refractivity contribution < 1.29 is 41.8 Å². The number of aromatic nitrogens is 1. The molecule has 0 radical (unpaired) electrons. The highest BCUT2D eigenvalue weighted by Crippen LogP contribution is 2.69. The van der Waals surface area contributed by atoms with E-state index in [1.165, 1.54) is 24.1 Å². The van der Waals surface area contributed by atoms with Crippen molar-refractivity contribution in [3.8, 4) is 17.2 Å². The van der Waals surface area contributed by atoms with E-state index in [0.29, 0.717) is 17.2 Å². The first-order chi connectivity index (χ1) is 24.5. The van der Waals surface area contributed by atoms with Crippen LogP contribution in [0.25, 0.3) is 0 Å². The third-order valence-electron chi connectivity index (χ3n) is 10.4. The molecule has 8 rings (SSSR count). The van der Waals surface area contributed by atoms with Gasteiger partial charge in [-0.15, -0.1) is 11.8 Å². The minimum atomic E-state index is -4.55. The fourth-order valence-corrected chi connectivity index (χ4v) is 11.4. The normalized spacial score (nSPS) is 26.1. The molecule has 3 fully saturated rings. The largest absolute Gasteiger partial charge is 0.497 e. The second kappa shape index (κ2) is 12.5. The Bertz CT molecular complexity index is 2120. The quantitative estimate of drug-likeness (QED) is 0.206. The maximum atomic E-state index is 14.1. The molecule has 4 aliphatic rings. The lowest BCUT2D eigenvalue weighted by molar-refractivity contribution is -0.137. The summed E-state index contributed by atoms with van der Waals surface area (Å²) in [6.45, 7) is -0.492. The fraction of sp³-hybridized carbons (Fsp3) is 0.333. The number of H-pyrrole nitrogens is 1. The molecular formula is C36H30F3N3O7S2. The molecule has 4 aromatic rings. The van der Waals surface area contributed by atoms with Crippen molar-refractivity contribution in [2.75, 3.05) is 31.0 Å². The summed E-state index contributed by atoms with van der Waals surface area (Å²) in [7, 11) is 3.00. The predicted octanol–water partition coefficient (Wildman–Crippen LogP) is 6.17. The number of anilines is 2. The first kappa shape index (κ1) is 33.4. The molecule has 3 heterocycles. The Balaban J connectivity index is 1.06. The average molecular weight is 738 g/mol. The van der Waals surface area contributed by atoms with E-state index in [2.05, 4.69) is 10.3 Å². The topological polar surface area (TPSA) is 127 Å². The van der Waals surface area contributed by atoms with Gasteiger partial charge in [-0.05, 0) is 84.3 Å². The number of fused-ring (bicyclic) bond motifs is 9. The number of carbonyl (C=O) groups is 3. The molecule has 0 spiro atoms. The Morgan fingerprint density at radius 2 is 1.69 bits per heavy atom. The van der Waals surface area contributed by atoms with E-state index in [0.717, 1.165) is 45.4 Å². The number of methoxy groups -OCH3 is 2. The van der Waals surface area contributed by atoms with Crippen molar-refractivity contribution in [1.29, 1.82) is 0 Å². The van der Waals surface area contributed by atoms with Gasteiger partial charge in [0.1, 0.15) is 5.75 Å². The van der Waals surface area contributed by atoms with Gasteiger partial charge in [0, 0.05) is 21.7 Å². The van der Waals surface area contributed by atoms with Crippen LogP contribution in [0.4, 0.5) is 24.5 Å². The molecule has 2 N–H and O–H groups in total. The molecule has 10 nitrogen and oxygen atoms in total. The minimum absolute atomic E-state index is 0.0191. The average Bonchev–Trinajstić information content (AvgIpc) is 3.85. The van der Waals surface area contributed by atoms with Crippen LogP contribution in [0.3, 0.4) is 0 Å². The summed E-state index contributed by atoms with van der Waals surface area (Å²) in [6, 6.07) is 16.5. The third-order valence-corrected chi connectivity index (χ3v) is 13.0. The van der Waals surface area contributed by atoms with Crippen molar-refractivity contribution in [2.45, 2.75) is 28.8 Å². The maximum absolute atomic E-state index is 14.1. The molecule has 264 valence electrons. The lowest BCUT2D eigenvalue weighted by Crippen LogP contribution is -2.42. The van der Waals surface area contributed by atoms with Gasteiger partial charge in [0.2, 0.25) is 11.8 Å². The SMILES string of the molecule is COc1ccc(N2C(=O)C3C(C2=O)[C@@H]2C[C@H]3C3Sc4[nH]c(=O)sc4[C@H](c4ccc(OCC(=O)Nc5cccc(C(F)(F)F)c5)c(OC)c4)C32)cc1. The van der Waals surface area contributed by atoms with Crippen LogP contribution < -0.4 is 29.3 Å². The number of thioether (sulfide) groups is 1. The van der Waals surface area contributed by atoms with Gasteiger partial charge >= 0.3 is 11.0 Å². The number of carbonyl (C=O) groups excluding carboxylic acids is 3. The summed E-state index contributed by atoms with van der Waals surface area (Å²) in [5.41, 5.74) is 0.433. The second-order valence-corrected chi connectivity index (χ2v) is 15.2. The summed E-state index contributed by atoms with van der Waals surface area (Å²) < 4.78 is 56.0. The van der Waals surface area contributed by atoms with E-state index in [1.807, 2.05) is 6.07 Å². The number of thiazole rings is 1. The van der Waals surface area contributed by atoms with Crippen LogP contribution >= 0.6 is 23.1 Å². The van der Waals surface area contributed by atoms with Crippen LogP contribution in [0.2, 0.25) is 0 Å². The van der Waals surface area contributed by atoms with Gasteiger partial charge in [-0.25, -0.2) is 0 Å². The number of hydrogen-bond acceptors (Lipinski definition) is 9. The third kappa shape index (κ3) is 5.57. The first-order valence-corrected chi connectivity index (χ1v) is 17.9. The Labute approximate surface area is 297 Å². The summed E-state index contributed by atoms with van der Waals surface area (Å²) in [5, 5.41) is 3.16. The summed E-state index contributed by atoms with van der Waals surface area (Å²) in [5.74, 6) is -1.31. The number of nitrogens with zero attached hydrogens (tertiary/aromatic N) is 1. The van der Waals surface area contributed by atoms with Crippen molar-refractivity contribution in [1.82, 2.24) is 4.98 Å². The van der Waals surface area contributed by atoms with Gasteiger partial charge in [0.15, 0.2) is 18.1 Å². The number of hydrogen-bond donors (Lipinski definition) is 2. The molecule has 3 amide bonds. The number of benzene rings is 3. The molecule has 15 heteroatoms. The van der Waals surface area contributed by atoms with Crippen LogP contribution in [0.1, 0.15) is 28.3 Å². The molecule has 2 saturated carbocycles. The number of nitrogens with one attached hydrogen (secondary N) is 2. The second-order valence-electron chi connectivity index (χ2n) is 13.0. The highest BCUT2D eigenvalue weighted by atomic mass is 32.2. The lowest BCUT2D eigenvalue weighted by atomic mass is 9.68. The van der Waals surface area contributed by atoms with Gasteiger partial charge in [-0.3, -0.25) is 24.1 Å². The Hall–Kier alpha value is -4.76. The maximum Gasteiger partial charge on any atom is 0.416 e. The monoisotopic (exact) mass is 737 g/mol. The minimum Gasteiger partial charge on any atom is -0.497 e. The van der Waals surface area contributed by atoms with Crippen molar-refractivity contribution in [3.05, 3.63) is 92.4 Å². The van der Waals surface area contributed by atoms with Crippen LogP contribution in [-0.2, 0) is 20.6 Å². The summed E-state index contributed by atoms with van der Waals surface area (Å²) in [4.78, 5) is 58.3. The zero-order valence-electron chi connectivity index (χ0n) is 27.1. The number of halogens is 3. The molecule has 2 aliphatic carbocycles. The lowest BCUT2D eigenvalue weighted by Gasteiger charge is -2.43. The van der Waals surface area contributed by atoms with Gasteiger partial charge in [-0.2, -0.15) is 13.2 Å². The molecule has 1 aromatic heterocycles. The molecule has 1 saturated heterocycles. The number of rotatable bonds is 8. The molecule has 51 heavy (non-hydrogen) atoms. The van der Waals surface area contributed by atoms with Gasteiger partial charge in [-0.1, -0.05) is 23.5 Å². The standard InChI is InChI=1S/C36H30F3N3O7S2/c1-47-20-9-7-19(8-10-20)42-33(44)28-21-14-22(29(28)34(42)45)30-27(21)26(31-32(50-30)41-35(46)51-31)16-6-11-23(24(12-16)48-2)49-15-25(43)40-18-5-3-4-17(13-18)36(37,38)39/h3-13,21-22,26-30H,14-15H2,1-2H3,(H,40,43)(H,41,46)/t21-,22-,26-,27?,28?,29?,30?/m1/s1. The zero-order valence-corrected chi connectivity index (χ0v) is 28.7. The first-order valence-electron chi connectivity index (χ1n) is 16.2. The zero-order chi connectivity index (χ0) is 35.8. The van der Waals surface area contributed by atoms with Crippen LogP contribution in [-0.4, -0.2) is 48.8 Å². The molecule has 2 aliphatic heterocycles. The molecule has 7 atom stereocenters. The summed E-state index contributed by atoms with van der Waals surface area (Å²) in [6.07, 6.45) is -3.83. The van der Waals surface area contributed by atoms with E-state index in [9.17, 15) is 32.3 Å². The van der Waals surface area contributed by atoms with Crippen molar-refractivity contribution in [3.63, 3.8) is 0 Å². The van der Waals surface area contributed by atoms with E-state index < -0.39 is 36.1 Å². The van der Waals surface area contributed by atoms with Gasteiger partial charge in [0.05, 0.1) is 42.3 Å². The van der Waals surface area contributed by atoms with Crippen LogP contribution in [0, 0.1) is 29.6 Å². The predicted molar refractivity (Wildman–Crippen MR) is 183 cm³/mol. The number of ether oxygens (including phenoxy) is 3. The molecular weight excluding hydrogens is 708 g/mol. The van der Waals surface area contributed by atoms with Crippen molar-refractivity contribution >= 4 is 52.2 Å². The molecule has 2 bridgehead atoms. The van der Waals surface area contributed by atoms with E-state index in [-0.39, 0.29) is 57.0 Å². The Kier molecular flexibility index (Phi) is 8.17. The molecule has 4 unspecified atom stereocenters. The van der Waals surface area contributed by atoms with Gasteiger partial charge in [0.25, 0.3) is 5.91 Å². The van der Waals surface area contributed by atoms with Gasteiger partial charge < -0.3 is 24.5 Å². The summed E-state index contributed by atoms with van der Waals surface area (Å²) >= 11 is 2.72.